The number of hydrogen-bond donors (Lipinski definition) is 1. The van der Waals surface area contributed by atoms with Crippen molar-refractivity contribution in [2.45, 2.75) is 13.8 Å². The number of ether oxygens (including phenoxy) is 2. The van der Waals surface area contributed by atoms with E-state index in [0.717, 1.165) is 0 Å². The van der Waals surface area contributed by atoms with Gasteiger partial charge in [0.1, 0.15) is 18.0 Å². The summed E-state index contributed by atoms with van der Waals surface area (Å²) >= 11 is 5.97. The molecule has 26 heavy (non-hydrogen) atoms. The van der Waals surface area contributed by atoms with Crippen LogP contribution in [0.4, 0.5) is 11.4 Å². The predicted molar refractivity (Wildman–Crippen MR) is 102 cm³/mol. The molecule has 2 rings (SSSR count). The second-order valence-corrected chi connectivity index (χ2v) is 5.86. The summed E-state index contributed by atoms with van der Waals surface area (Å²) in [5.41, 5.74) is 1.05. The SMILES string of the molecule is CCOc1ccc(N(CC(=O)Nc2cc(Cl)ccc2OC)C(C)=O)cc1. The van der Waals surface area contributed by atoms with E-state index in [-0.39, 0.29) is 18.4 Å². The first kappa shape index (κ1) is 19.6. The number of carbonyl (C=O) groups is 2. The summed E-state index contributed by atoms with van der Waals surface area (Å²) in [7, 11) is 1.50. The smallest absolute Gasteiger partial charge is 0.244 e. The van der Waals surface area contributed by atoms with Gasteiger partial charge in [0.15, 0.2) is 0 Å². The van der Waals surface area contributed by atoms with E-state index < -0.39 is 0 Å². The number of nitrogens with one attached hydrogen (secondary N) is 1. The fraction of sp³-hybridized carbons (Fsp3) is 0.263. The quantitative estimate of drug-likeness (QED) is 0.799. The van der Waals surface area contributed by atoms with E-state index in [1.54, 1.807) is 42.5 Å². The fourth-order valence-corrected chi connectivity index (χ4v) is 2.56. The first-order chi connectivity index (χ1) is 12.4. The highest BCUT2D eigenvalue weighted by molar-refractivity contribution is 6.31. The molecule has 0 aliphatic rings. The lowest BCUT2D eigenvalue weighted by atomic mass is 10.2. The lowest BCUT2D eigenvalue weighted by Crippen LogP contribution is -2.36. The molecule has 0 aliphatic heterocycles. The van der Waals surface area contributed by atoms with Crippen molar-refractivity contribution in [3.05, 3.63) is 47.5 Å². The molecular formula is C19H21ClN2O4. The van der Waals surface area contributed by atoms with Crippen LogP contribution in [0.25, 0.3) is 0 Å². The van der Waals surface area contributed by atoms with Crippen molar-refractivity contribution in [3.8, 4) is 11.5 Å². The van der Waals surface area contributed by atoms with E-state index in [4.69, 9.17) is 21.1 Å². The Bertz CT molecular complexity index is 778. The molecule has 2 amide bonds. The van der Waals surface area contributed by atoms with Gasteiger partial charge in [-0.3, -0.25) is 9.59 Å². The fourth-order valence-electron chi connectivity index (χ4n) is 2.38. The molecule has 2 aromatic rings. The predicted octanol–water partition coefficient (Wildman–Crippen LogP) is 3.74. The number of amides is 2. The largest absolute Gasteiger partial charge is 0.495 e. The number of carbonyl (C=O) groups excluding carboxylic acids is 2. The summed E-state index contributed by atoms with van der Waals surface area (Å²) in [6, 6.07) is 11.9. The highest BCUT2D eigenvalue weighted by Crippen LogP contribution is 2.28. The van der Waals surface area contributed by atoms with Gasteiger partial charge in [-0.25, -0.2) is 0 Å². The van der Waals surface area contributed by atoms with E-state index in [9.17, 15) is 9.59 Å². The molecule has 0 radical (unpaired) electrons. The van der Waals surface area contributed by atoms with Gasteiger partial charge in [-0.05, 0) is 49.4 Å². The van der Waals surface area contributed by atoms with E-state index in [1.165, 1.54) is 18.9 Å². The summed E-state index contributed by atoms with van der Waals surface area (Å²) in [6.07, 6.45) is 0. The van der Waals surface area contributed by atoms with Crippen LogP contribution in [0.2, 0.25) is 5.02 Å². The van der Waals surface area contributed by atoms with Gasteiger partial charge in [-0.2, -0.15) is 0 Å². The zero-order valence-electron chi connectivity index (χ0n) is 14.9. The molecule has 0 atom stereocenters. The summed E-state index contributed by atoms with van der Waals surface area (Å²) in [4.78, 5) is 25.8. The number of methoxy groups -OCH3 is 1. The Labute approximate surface area is 157 Å². The molecule has 7 heteroatoms. The van der Waals surface area contributed by atoms with E-state index in [1.807, 2.05) is 6.92 Å². The Morgan fingerprint density at radius 3 is 2.42 bits per heavy atom. The Balaban J connectivity index is 2.13. The maximum absolute atomic E-state index is 12.4. The minimum absolute atomic E-state index is 0.140. The highest BCUT2D eigenvalue weighted by atomic mass is 35.5. The van der Waals surface area contributed by atoms with Gasteiger partial charge >= 0.3 is 0 Å². The standard InChI is InChI=1S/C19H21ClN2O4/c1-4-26-16-8-6-15(7-9-16)22(13(2)23)12-19(24)21-17-11-14(20)5-10-18(17)25-3/h5-11H,4,12H2,1-3H3,(H,21,24). The summed E-state index contributed by atoms with van der Waals surface area (Å²) in [6.45, 7) is 3.71. The van der Waals surface area contributed by atoms with Crippen LogP contribution in [0.1, 0.15) is 13.8 Å². The minimum atomic E-state index is -0.366. The van der Waals surface area contributed by atoms with Crippen molar-refractivity contribution in [1.82, 2.24) is 0 Å². The molecule has 1 N–H and O–H groups in total. The number of anilines is 2. The average Bonchev–Trinajstić information content (AvgIpc) is 2.61. The molecule has 6 nitrogen and oxygen atoms in total. The van der Waals surface area contributed by atoms with Gasteiger partial charge in [0.25, 0.3) is 0 Å². The third-order valence-electron chi connectivity index (χ3n) is 3.58. The molecule has 0 bridgehead atoms. The molecular weight excluding hydrogens is 356 g/mol. The number of halogens is 1. The Morgan fingerprint density at radius 1 is 1.15 bits per heavy atom. The van der Waals surface area contributed by atoms with Crippen molar-refractivity contribution in [2.24, 2.45) is 0 Å². The van der Waals surface area contributed by atoms with Gasteiger partial charge in [-0.1, -0.05) is 11.6 Å². The third-order valence-corrected chi connectivity index (χ3v) is 3.81. The first-order valence-electron chi connectivity index (χ1n) is 8.09. The van der Waals surface area contributed by atoms with Crippen molar-refractivity contribution >= 4 is 34.8 Å². The second-order valence-electron chi connectivity index (χ2n) is 5.42. The number of nitrogens with zero attached hydrogens (tertiary/aromatic N) is 1. The van der Waals surface area contributed by atoms with Crippen LogP contribution >= 0.6 is 11.6 Å². The zero-order valence-corrected chi connectivity index (χ0v) is 15.7. The number of hydrogen-bond acceptors (Lipinski definition) is 4. The molecule has 0 saturated heterocycles. The van der Waals surface area contributed by atoms with Crippen LogP contribution in [0.15, 0.2) is 42.5 Å². The summed E-state index contributed by atoms with van der Waals surface area (Å²) in [5.74, 6) is 0.572. The average molecular weight is 377 g/mol. The lowest BCUT2D eigenvalue weighted by Gasteiger charge is -2.21. The maximum Gasteiger partial charge on any atom is 0.244 e. The molecule has 0 saturated carbocycles. The first-order valence-corrected chi connectivity index (χ1v) is 8.46. The van der Waals surface area contributed by atoms with Crippen molar-refractivity contribution in [2.75, 3.05) is 30.5 Å². The Morgan fingerprint density at radius 2 is 1.85 bits per heavy atom. The molecule has 0 fully saturated rings. The van der Waals surface area contributed by atoms with Crippen LogP contribution in [0.3, 0.4) is 0 Å². The molecule has 0 aromatic heterocycles. The van der Waals surface area contributed by atoms with Gasteiger partial charge in [0, 0.05) is 17.6 Å². The molecule has 138 valence electrons. The van der Waals surface area contributed by atoms with Crippen LogP contribution in [0.5, 0.6) is 11.5 Å². The topological polar surface area (TPSA) is 67.9 Å². The van der Waals surface area contributed by atoms with Crippen molar-refractivity contribution in [3.63, 3.8) is 0 Å². The molecule has 2 aromatic carbocycles. The van der Waals surface area contributed by atoms with E-state index in [2.05, 4.69) is 5.32 Å². The van der Waals surface area contributed by atoms with Crippen LogP contribution in [-0.4, -0.2) is 32.1 Å². The summed E-state index contributed by atoms with van der Waals surface area (Å²) in [5, 5.41) is 3.19. The second kappa shape index (κ2) is 9.10. The monoisotopic (exact) mass is 376 g/mol. The van der Waals surface area contributed by atoms with E-state index in [0.29, 0.717) is 34.5 Å². The minimum Gasteiger partial charge on any atom is -0.495 e. The summed E-state index contributed by atoms with van der Waals surface area (Å²) < 4.78 is 10.6. The van der Waals surface area contributed by atoms with Gasteiger partial charge < -0.3 is 19.7 Å². The van der Waals surface area contributed by atoms with Crippen molar-refractivity contribution in [1.29, 1.82) is 0 Å². The molecule has 0 unspecified atom stereocenters. The molecule has 0 heterocycles. The zero-order chi connectivity index (χ0) is 19.1. The van der Waals surface area contributed by atoms with E-state index >= 15 is 0 Å². The molecule has 0 spiro atoms. The van der Waals surface area contributed by atoms with Crippen molar-refractivity contribution < 1.29 is 19.1 Å². The van der Waals surface area contributed by atoms with Crippen LogP contribution in [0, 0.1) is 0 Å². The van der Waals surface area contributed by atoms with Crippen LogP contribution in [-0.2, 0) is 9.59 Å². The van der Waals surface area contributed by atoms with Gasteiger partial charge in [0.2, 0.25) is 11.8 Å². The maximum atomic E-state index is 12.4. The third kappa shape index (κ3) is 5.13. The normalized spacial score (nSPS) is 10.2. The van der Waals surface area contributed by atoms with Crippen LogP contribution < -0.4 is 19.7 Å². The van der Waals surface area contributed by atoms with Gasteiger partial charge in [-0.15, -0.1) is 0 Å². The number of rotatable bonds is 7. The lowest BCUT2D eigenvalue weighted by molar-refractivity contribution is -0.120. The Kier molecular flexibility index (Phi) is 6.86. The molecule has 0 aliphatic carbocycles. The van der Waals surface area contributed by atoms with Gasteiger partial charge in [0.05, 0.1) is 19.4 Å². The number of benzene rings is 2. The Hall–Kier alpha value is -2.73. The highest BCUT2D eigenvalue weighted by Gasteiger charge is 2.17.